The quantitative estimate of drug-likeness (QED) is 0.616. The minimum absolute atomic E-state index is 0.397. The fourth-order valence-electron chi connectivity index (χ4n) is 1.19. The Hall–Kier alpha value is -1.76. The molecule has 0 atom stereocenters. The molecule has 0 saturated heterocycles. The second-order valence-electron chi connectivity index (χ2n) is 3.39. The van der Waals surface area contributed by atoms with Gasteiger partial charge in [-0.05, 0) is 18.2 Å². The molecule has 94 valence electrons. The molecule has 2 N–H and O–H groups in total. The number of rotatable bonds is 4. The summed E-state index contributed by atoms with van der Waals surface area (Å²) in [6, 6.07) is 6.37. The Bertz CT molecular complexity index is 513. The summed E-state index contributed by atoms with van der Waals surface area (Å²) in [6.45, 7) is 0. The SMILES string of the molecule is COC(=O)CS(=O)(=O)N(C)c1cccc(N)c1. The van der Waals surface area contributed by atoms with Gasteiger partial charge >= 0.3 is 5.97 Å². The molecule has 0 fully saturated rings. The molecule has 0 unspecified atom stereocenters. The summed E-state index contributed by atoms with van der Waals surface area (Å²) < 4.78 is 28.9. The van der Waals surface area contributed by atoms with Crippen LogP contribution in [0.1, 0.15) is 0 Å². The summed E-state index contributed by atoms with van der Waals surface area (Å²) in [4.78, 5) is 11.0. The lowest BCUT2D eigenvalue weighted by molar-refractivity contribution is -0.137. The first kappa shape index (κ1) is 13.3. The molecule has 1 aromatic rings. The van der Waals surface area contributed by atoms with E-state index in [1.54, 1.807) is 18.2 Å². The number of carbonyl (C=O) groups is 1. The number of ether oxygens (including phenoxy) is 1. The van der Waals surface area contributed by atoms with Crippen molar-refractivity contribution in [1.29, 1.82) is 0 Å². The number of nitrogens with zero attached hydrogens (tertiary/aromatic N) is 1. The molecule has 0 amide bonds. The van der Waals surface area contributed by atoms with Crippen molar-refractivity contribution in [2.75, 3.05) is 29.9 Å². The van der Waals surface area contributed by atoms with Gasteiger partial charge in [-0.1, -0.05) is 6.07 Å². The number of hydrogen-bond acceptors (Lipinski definition) is 5. The first-order valence-electron chi connectivity index (χ1n) is 4.76. The minimum atomic E-state index is -3.74. The molecule has 6 nitrogen and oxygen atoms in total. The molecule has 7 heteroatoms. The lowest BCUT2D eigenvalue weighted by Gasteiger charge is -2.18. The molecular formula is C10H14N2O4S. The van der Waals surface area contributed by atoms with E-state index in [2.05, 4.69) is 4.74 Å². The molecule has 17 heavy (non-hydrogen) atoms. The number of hydrogen-bond donors (Lipinski definition) is 1. The summed E-state index contributed by atoms with van der Waals surface area (Å²) in [6.07, 6.45) is 0. The zero-order valence-corrected chi connectivity index (χ0v) is 10.4. The maximum atomic E-state index is 11.8. The normalized spacial score (nSPS) is 10.9. The van der Waals surface area contributed by atoms with Gasteiger partial charge in [-0.15, -0.1) is 0 Å². The largest absolute Gasteiger partial charge is 0.468 e. The van der Waals surface area contributed by atoms with Gasteiger partial charge in [-0.2, -0.15) is 0 Å². The third kappa shape index (κ3) is 3.35. The maximum absolute atomic E-state index is 11.8. The van der Waals surface area contributed by atoms with Crippen LogP contribution in [0.15, 0.2) is 24.3 Å². The second kappa shape index (κ2) is 5.05. The predicted molar refractivity (Wildman–Crippen MR) is 65.1 cm³/mol. The topological polar surface area (TPSA) is 89.7 Å². The lowest BCUT2D eigenvalue weighted by atomic mass is 10.3. The predicted octanol–water partition coefficient (Wildman–Crippen LogP) is 0.208. The van der Waals surface area contributed by atoms with Crippen molar-refractivity contribution >= 4 is 27.4 Å². The highest BCUT2D eigenvalue weighted by atomic mass is 32.2. The van der Waals surface area contributed by atoms with Crippen molar-refractivity contribution in [3.05, 3.63) is 24.3 Å². The monoisotopic (exact) mass is 258 g/mol. The smallest absolute Gasteiger partial charge is 0.322 e. The van der Waals surface area contributed by atoms with Crippen molar-refractivity contribution in [2.45, 2.75) is 0 Å². The highest BCUT2D eigenvalue weighted by Gasteiger charge is 2.22. The van der Waals surface area contributed by atoms with Crippen LogP contribution in [0.3, 0.4) is 0 Å². The average molecular weight is 258 g/mol. The van der Waals surface area contributed by atoms with E-state index in [9.17, 15) is 13.2 Å². The van der Waals surface area contributed by atoms with Crippen LogP contribution in [-0.2, 0) is 19.6 Å². The van der Waals surface area contributed by atoms with Crippen LogP contribution in [0.2, 0.25) is 0 Å². The Morgan fingerprint density at radius 3 is 2.65 bits per heavy atom. The van der Waals surface area contributed by atoms with E-state index < -0.39 is 21.7 Å². The Morgan fingerprint density at radius 2 is 2.12 bits per heavy atom. The van der Waals surface area contributed by atoms with E-state index in [-0.39, 0.29) is 0 Å². The third-order valence-corrected chi connectivity index (χ3v) is 3.82. The Labute approximate surface area is 100 Å². The zero-order chi connectivity index (χ0) is 13.1. The van der Waals surface area contributed by atoms with Gasteiger partial charge in [0.15, 0.2) is 5.75 Å². The first-order chi connectivity index (χ1) is 7.86. The summed E-state index contributed by atoms with van der Waals surface area (Å²) in [5.41, 5.74) is 6.40. The van der Waals surface area contributed by atoms with Gasteiger partial charge in [0.25, 0.3) is 0 Å². The number of sulfonamides is 1. The van der Waals surface area contributed by atoms with Gasteiger partial charge in [0.2, 0.25) is 10.0 Å². The molecule has 0 spiro atoms. The Morgan fingerprint density at radius 1 is 1.47 bits per heavy atom. The van der Waals surface area contributed by atoms with E-state index >= 15 is 0 Å². The van der Waals surface area contributed by atoms with Crippen LogP contribution in [0.25, 0.3) is 0 Å². The second-order valence-corrected chi connectivity index (χ2v) is 5.40. The van der Waals surface area contributed by atoms with Gasteiger partial charge in [-0.25, -0.2) is 8.42 Å². The van der Waals surface area contributed by atoms with Gasteiger partial charge in [-0.3, -0.25) is 9.10 Å². The molecule has 1 aromatic carbocycles. The molecule has 0 saturated carbocycles. The maximum Gasteiger partial charge on any atom is 0.322 e. The van der Waals surface area contributed by atoms with Gasteiger partial charge in [0.05, 0.1) is 12.8 Å². The van der Waals surface area contributed by atoms with E-state index in [1.165, 1.54) is 13.1 Å². The fourth-order valence-corrected chi connectivity index (χ4v) is 2.23. The van der Waals surface area contributed by atoms with E-state index in [0.29, 0.717) is 11.4 Å². The average Bonchev–Trinajstić information content (AvgIpc) is 2.27. The van der Waals surface area contributed by atoms with Crippen LogP contribution in [0.5, 0.6) is 0 Å². The highest BCUT2D eigenvalue weighted by molar-refractivity contribution is 7.93. The molecule has 0 heterocycles. The molecule has 0 aliphatic carbocycles. The van der Waals surface area contributed by atoms with Crippen molar-refractivity contribution < 1.29 is 17.9 Å². The summed E-state index contributed by atoms with van der Waals surface area (Å²) >= 11 is 0. The standard InChI is InChI=1S/C10H14N2O4S/c1-12(9-5-3-4-8(11)6-9)17(14,15)7-10(13)16-2/h3-6H,7,11H2,1-2H3. The van der Waals surface area contributed by atoms with Crippen LogP contribution >= 0.6 is 0 Å². The summed E-state index contributed by atoms with van der Waals surface area (Å²) in [5, 5.41) is 0. The lowest BCUT2D eigenvalue weighted by Crippen LogP contribution is -2.32. The van der Waals surface area contributed by atoms with Crippen LogP contribution in [0, 0.1) is 0 Å². The zero-order valence-electron chi connectivity index (χ0n) is 9.58. The molecule has 0 bridgehead atoms. The molecule has 0 aromatic heterocycles. The van der Waals surface area contributed by atoms with E-state index in [0.717, 1.165) is 11.4 Å². The molecule has 0 radical (unpaired) electrons. The highest BCUT2D eigenvalue weighted by Crippen LogP contribution is 2.19. The number of methoxy groups -OCH3 is 1. The van der Waals surface area contributed by atoms with Gasteiger partial charge < -0.3 is 10.5 Å². The van der Waals surface area contributed by atoms with E-state index in [1.807, 2.05) is 0 Å². The number of anilines is 2. The molecule has 1 rings (SSSR count). The summed E-state index contributed by atoms with van der Waals surface area (Å²) in [5.74, 6) is -1.50. The fraction of sp³-hybridized carbons (Fsp3) is 0.300. The molecule has 0 aliphatic rings. The van der Waals surface area contributed by atoms with Crippen molar-refractivity contribution in [2.24, 2.45) is 0 Å². The number of nitrogens with two attached hydrogens (primary N) is 1. The van der Waals surface area contributed by atoms with Crippen molar-refractivity contribution in [3.63, 3.8) is 0 Å². The van der Waals surface area contributed by atoms with Crippen LogP contribution < -0.4 is 10.0 Å². The molecule has 0 aliphatic heterocycles. The first-order valence-corrected chi connectivity index (χ1v) is 6.36. The van der Waals surface area contributed by atoms with Crippen LogP contribution in [0.4, 0.5) is 11.4 Å². The minimum Gasteiger partial charge on any atom is -0.468 e. The number of carbonyl (C=O) groups excluding carboxylic acids is 1. The Kier molecular flexibility index (Phi) is 3.95. The van der Waals surface area contributed by atoms with Gasteiger partial charge in [0.1, 0.15) is 0 Å². The van der Waals surface area contributed by atoms with Crippen molar-refractivity contribution in [3.8, 4) is 0 Å². The van der Waals surface area contributed by atoms with Crippen LogP contribution in [-0.4, -0.2) is 34.3 Å². The number of benzene rings is 1. The van der Waals surface area contributed by atoms with Gasteiger partial charge in [0, 0.05) is 12.7 Å². The summed E-state index contributed by atoms with van der Waals surface area (Å²) in [7, 11) is -1.25. The Balaban J connectivity index is 2.96. The number of esters is 1. The number of nitrogen functional groups attached to an aromatic ring is 1. The molecular weight excluding hydrogens is 244 g/mol. The van der Waals surface area contributed by atoms with E-state index in [4.69, 9.17) is 5.73 Å². The van der Waals surface area contributed by atoms with Crippen molar-refractivity contribution in [1.82, 2.24) is 0 Å². The third-order valence-electron chi connectivity index (χ3n) is 2.18.